The molecule has 0 unspecified atom stereocenters. The Hall–Kier alpha value is -2.34. The monoisotopic (exact) mass is 371 g/mol. The number of amides is 3. The molecule has 1 saturated carbocycles. The van der Waals surface area contributed by atoms with E-state index in [0.717, 1.165) is 30.5 Å². The standard InChI is InChI=1S/C20H25N3O2S/c1-14-9-10-26-18(14)13-23(2)20(25)21-12-15-5-3-8-17(11-15)22-19(24)16-6-4-7-16/h3,5,8-11,16H,4,6-7,12-13H2,1-2H3,(H,21,25)(H,22,24). The number of thiophene rings is 1. The highest BCUT2D eigenvalue weighted by Gasteiger charge is 2.25. The van der Waals surface area contributed by atoms with Crippen molar-refractivity contribution in [3.8, 4) is 0 Å². The summed E-state index contributed by atoms with van der Waals surface area (Å²) in [6.45, 7) is 3.09. The Morgan fingerprint density at radius 3 is 2.73 bits per heavy atom. The summed E-state index contributed by atoms with van der Waals surface area (Å²) in [7, 11) is 1.80. The number of carbonyl (C=O) groups excluding carboxylic acids is 2. The van der Waals surface area contributed by atoms with Crippen molar-refractivity contribution in [2.75, 3.05) is 12.4 Å². The highest BCUT2D eigenvalue weighted by Crippen LogP contribution is 2.27. The van der Waals surface area contributed by atoms with E-state index in [4.69, 9.17) is 0 Å². The minimum absolute atomic E-state index is 0.100. The Labute approximate surface area is 158 Å². The third-order valence-corrected chi connectivity index (χ3v) is 5.82. The predicted octanol–water partition coefficient (Wildman–Crippen LogP) is 4.14. The van der Waals surface area contributed by atoms with Crippen molar-refractivity contribution in [2.24, 2.45) is 5.92 Å². The quantitative estimate of drug-likeness (QED) is 0.802. The molecule has 0 radical (unpaired) electrons. The van der Waals surface area contributed by atoms with E-state index in [2.05, 4.69) is 23.6 Å². The molecule has 2 N–H and O–H groups in total. The van der Waals surface area contributed by atoms with Crippen LogP contribution in [0.2, 0.25) is 0 Å². The lowest BCUT2D eigenvalue weighted by Gasteiger charge is -2.24. The number of hydrogen-bond donors (Lipinski definition) is 2. The fourth-order valence-electron chi connectivity index (χ4n) is 2.84. The summed E-state index contributed by atoms with van der Waals surface area (Å²) in [5.41, 5.74) is 2.96. The second-order valence-electron chi connectivity index (χ2n) is 6.86. The first-order valence-corrected chi connectivity index (χ1v) is 9.82. The van der Waals surface area contributed by atoms with Crippen LogP contribution in [0.3, 0.4) is 0 Å². The van der Waals surface area contributed by atoms with Gasteiger partial charge in [0.2, 0.25) is 5.91 Å². The van der Waals surface area contributed by atoms with Crippen LogP contribution in [0.25, 0.3) is 0 Å². The van der Waals surface area contributed by atoms with Crippen molar-refractivity contribution in [2.45, 2.75) is 39.3 Å². The molecule has 0 aliphatic heterocycles. The van der Waals surface area contributed by atoms with Gasteiger partial charge in [-0.3, -0.25) is 4.79 Å². The summed E-state index contributed by atoms with van der Waals surface area (Å²) in [6, 6.07) is 9.60. The summed E-state index contributed by atoms with van der Waals surface area (Å²) in [5, 5.41) is 7.95. The van der Waals surface area contributed by atoms with Crippen LogP contribution in [0.4, 0.5) is 10.5 Å². The van der Waals surface area contributed by atoms with E-state index in [9.17, 15) is 9.59 Å². The summed E-state index contributed by atoms with van der Waals surface area (Å²) in [4.78, 5) is 27.2. The molecule has 0 atom stereocenters. The normalized spacial score (nSPS) is 13.8. The lowest BCUT2D eigenvalue weighted by Crippen LogP contribution is -2.36. The average molecular weight is 372 g/mol. The van der Waals surface area contributed by atoms with Crippen molar-refractivity contribution >= 4 is 29.0 Å². The van der Waals surface area contributed by atoms with Gasteiger partial charge in [-0.05, 0) is 54.5 Å². The Kier molecular flexibility index (Phi) is 5.93. The second-order valence-corrected chi connectivity index (χ2v) is 7.86. The fraction of sp³-hybridized carbons (Fsp3) is 0.400. The van der Waals surface area contributed by atoms with Crippen molar-refractivity contribution < 1.29 is 9.59 Å². The molecule has 1 fully saturated rings. The molecule has 2 aromatic rings. The van der Waals surface area contributed by atoms with Gasteiger partial charge < -0.3 is 15.5 Å². The fourth-order valence-corrected chi connectivity index (χ4v) is 3.80. The van der Waals surface area contributed by atoms with Crippen molar-refractivity contribution in [3.63, 3.8) is 0 Å². The van der Waals surface area contributed by atoms with Gasteiger partial charge in [-0.15, -0.1) is 11.3 Å². The highest BCUT2D eigenvalue weighted by atomic mass is 32.1. The molecular formula is C20H25N3O2S. The number of rotatable bonds is 6. The topological polar surface area (TPSA) is 61.4 Å². The van der Waals surface area contributed by atoms with Crippen LogP contribution in [0.1, 0.15) is 35.3 Å². The van der Waals surface area contributed by atoms with Gasteiger partial charge in [0, 0.05) is 30.1 Å². The van der Waals surface area contributed by atoms with Crippen LogP contribution in [-0.2, 0) is 17.9 Å². The summed E-state index contributed by atoms with van der Waals surface area (Å²) < 4.78 is 0. The van der Waals surface area contributed by atoms with Gasteiger partial charge in [0.25, 0.3) is 0 Å². The number of nitrogens with one attached hydrogen (secondary N) is 2. The van der Waals surface area contributed by atoms with Gasteiger partial charge in [0.15, 0.2) is 0 Å². The Morgan fingerprint density at radius 2 is 2.08 bits per heavy atom. The van der Waals surface area contributed by atoms with Gasteiger partial charge in [0.1, 0.15) is 0 Å². The molecule has 1 aliphatic rings. The molecule has 0 spiro atoms. The molecular weight excluding hydrogens is 346 g/mol. The van der Waals surface area contributed by atoms with Crippen molar-refractivity contribution in [1.82, 2.24) is 10.2 Å². The van der Waals surface area contributed by atoms with Gasteiger partial charge >= 0.3 is 6.03 Å². The Balaban J connectivity index is 1.50. The van der Waals surface area contributed by atoms with E-state index in [1.54, 1.807) is 23.3 Å². The van der Waals surface area contributed by atoms with Gasteiger partial charge in [-0.25, -0.2) is 4.79 Å². The lowest BCUT2D eigenvalue weighted by atomic mass is 9.85. The minimum atomic E-state index is -0.110. The van der Waals surface area contributed by atoms with Gasteiger partial charge in [-0.1, -0.05) is 18.6 Å². The zero-order chi connectivity index (χ0) is 18.5. The lowest BCUT2D eigenvalue weighted by molar-refractivity contribution is -0.122. The zero-order valence-corrected chi connectivity index (χ0v) is 16.1. The first-order chi connectivity index (χ1) is 12.5. The zero-order valence-electron chi connectivity index (χ0n) is 15.2. The second kappa shape index (κ2) is 8.36. The van der Waals surface area contributed by atoms with E-state index >= 15 is 0 Å². The largest absolute Gasteiger partial charge is 0.334 e. The smallest absolute Gasteiger partial charge is 0.317 e. The van der Waals surface area contributed by atoms with E-state index in [-0.39, 0.29) is 17.9 Å². The van der Waals surface area contributed by atoms with E-state index in [1.165, 1.54) is 10.4 Å². The molecule has 1 aromatic heterocycles. The van der Waals surface area contributed by atoms with Crippen molar-refractivity contribution in [3.05, 3.63) is 51.7 Å². The summed E-state index contributed by atoms with van der Waals surface area (Å²) >= 11 is 1.66. The molecule has 5 nitrogen and oxygen atoms in total. The molecule has 6 heteroatoms. The van der Waals surface area contributed by atoms with Crippen molar-refractivity contribution in [1.29, 1.82) is 0 Å². The third kappa shape index (κ3) is 4.64. The number of aryl methyl sites for hydroxylation is 1. The van der Waals surface area contributed by atoms with Crippen LogP contribution in [0, 0.1) is 12.8 Å². The van der Waals surface area contributed by atoms with Crippen LogP contribution in [0.5, 0.6) is 0 Å². The molecule has 3 rings (SSSR count). The molecule has 138 valence electrons. The summed E-state index contributed by atoms with van der Waals surface area (Å²) in [5.74, 6) is 0.260. The number of nitrogens with zero attached hydrogens (tertiary/aromatic N) is 1. The van der Waals surface area contributed by atoms with Crippen LogP contribution in [-0.4, -0.2) is 23.9 Å². The highest BCUT2D eigenvalue weighted by molar-refractivity contribution is 7.10. The SMILES string of the molecule is Cc1ccsc1CN(C)C(=O)NCc1cccc(NC(=O)C2CCC2)c1. The van der Waals surface area contributed by atoms with Gasteiger partial charge in [0.05, 0.1) is 6.54 Å². The average Bonchev–Trinajstić information content (AvgIpc) is 2.96. The molecule has 0 saturated heterocycles. The minimum Gasteiger partial charge on any atom is -0.334 e. The van der Waals surface area contributed by atoms with Crippen LogP contribution >= 0.6 is 11.3 Å². The number of hydrogen-bond acceptors (Lipinski definition) is 3. The number of carbonyl (C=O) groups is 2. The number of urea groups is 1. The Bertz CT molecular complexity index is 783. The van der Waals surface area contributed by atoms with E-state index < -0.39 is 0 Å². The molecule has 26 heavy (non-hydrogen) atoms. The first kappa shape index (κ1) is 18.5. The van der Waals surface area contributed by atoms with Gasteiger partial charge in [-0.2, -0.15) is 0 Å². The molecule has 3 amide bonds. The Morgan fingerprint density at radius 1 is 1.27 bits per heavy atom. The maximum atomic E-state index is 12.3. The van der Waals surface area contributed by atoms with E-state index in [1.807, 2.05) is 29.6 Å². The van der Waals surface area contributed by atoms with Crippen LogP contribution in [0.15, 0.2) is 35.7 Å². The molecule has 1 aliphatic carbocycles. The van der Waals surface area contributed by atoms with E-state index in [0.29, 0.717) is 13.1 Å². The molecule has 0 bridgehead atoms. The maximum absolute atomic E-state index is 12.3. The molecule has 1 heterocycles. The predicted molar refractivity (Wildman–Crippen MR) is 105 cm³/mol. The molecule has 1 aromatic carbocycles. The van der Waals surface area contributed by atoms with Crippen LogP contribution < -0.4 is 10.6 Å². The first-order valence-electron chi connectivity index (χ1n) is 8.94. The summed E-state index contributed by atoms with van der Waals surface area (Å²) in [6.07, 6.45) is 3.11. The number of anilines is 1. The number of benzene rings is 1. The maximum Gasteiger partial charge on any atom is 0.317 e. The third-order valence-electron chi connectivity index (χ3n) is 4.81.